The topological polar surface area (TPSA) is 61.6 Å². The molecule has 0 saturated carbocycles. The molecule has 0 fully saturated rings. The average Bonchev–Trinajstić information content (AvgIpc) is 2.51. The van der Waals surface area contributed by atoms with Crippen LogP contribution in [0.15, 0.2) is 48.5 Å². The Hall–Kier alpha value is -2.56. The molecule has 0 aromatic heterocycles. The highest BCUT2D eigenvalue weighted by Gasteiger charge is 2.14. The number of ether oxygens (including phenoxy) is 2. The number of hydrogen-bond acceptors (Lipinski definition) is 3. The zero-order chi connectivity index (χ0) is 15.9. The summed E-state index contributed by atoms with van der Waals surface area (Å²) in [6, 6.07) is 13.1. The first kappa shape index (κ1) is 15.8. The first-order valence-electron chi connectivity index (χ1n) is 7.01. The van der Waals surface area contributed by atoms with E-state index in [1.807, 2.05) is 6.92 Å². The SMILES string of the molecule is CCC(Oc1ccc(OCc2cccc(F)c2)cc1)C(N)=O. The van der Waals surface area contributed by atoms with Crippen molar-refractivity contribution in [1.82, 2.24) is 0 Å². The monoisotopic (exact) mass is 303 g/mol. The smallest absolute Gasteiger partial charge is 0.258 e. The third-order valence-corrected chi connectivity index (χ3v) is 3.08. The third kappa shape index (κ3) is 4.48. The highest BCUT2D eigenvalue weighted by atomic mass is 19.1. The Bertz CT molecular complexity index is 628. The van der Waals surface area contributed by atoms with Gasteiger partial charge in [0.2, 0.25) is 0 Å². The van der Waals surface area contributed by atoms with Crippen molar-refractivity contribution in [1.29, 1.82) is 0 Å². The van der Waals surface area contributed by atoms with Gasteiger partial charge < -0.3 is 15.2 Å². The van der Waals surface area contributed by atoms with Crippen molar-refractivity contribution in [3.8, 4) is 11.5 Å². The molecule has 0 spiro atoms. The number of amides is 1. The second kappa shape index (κ2) is 7.45. The number of rotatable bonds is 7. The lowest BCUT2D eigenvalue weighted by atomic mass is 10.2. The minimum atomic E-state index is -0.640. The number of primary amides is 1. The van der Waals surface area contributed by atoms with E-state index in [-0.39, 0.29) is 12.4 Å². The molecule has 0 aliphatic heterocycles. The quantitative estimate of drug-likeness (QED) is 0.855. The van der Waals surface area contributed by atoms with Gasteiger partial charge in [-0.15, -0.1) is 0 Å². The van der Waals surface area contributed by atoms with E-state index in [2.05, 4.69) is 0 Å². The van der Waals surface area contributed by atoms with E-state index in [0.717, 1.165) is 5.56 Å². The number of benzene rings is 2. The average molecular weight is 303 g/mol. The molecule has 4 nitrogen and oxygen atoms in total. The standard InChI is InChI=1S/C17H18FNO3/c1-2-16(17(19)20)22-15-8-6-14(7-9-15)21-11-12-4-3-5-13(18)10-12/h3-10,16H,2,11H2,1H3,(H2,19,20). The van der Waals surface area contributed by atoms with Crippen LogP contribution in [0.4, 0.5) is 4.39 Å². The zero-order valence-corrected chi connectivity index (χ0v) is 12.3. The van der Waals surface area contributed by atoms with Gasteiger partial charge in [0.15, 0.2) is 6.10 Å². The first-order chi connectivity index (χ1) is 10.6. The third-order valence-electron chi connectivity index (χ3n) is 3.08. The minimum Gasteiger partial charge on any atom is -0.489 e. The summed E-state index contributed by atoms with van der Waals surface area (Å²) in [7, 11) is 0. The van der Waals surface area contributed by atoms with Crippen LogP contribution in [0.25, 0.3) is 0 Å². The molecule has 0 radical (unpaired) electrons. The lowest BCUT2D eigenvalue weighted by molar-refractivity contribution is -0.124. The predicted molar refractivity (Wildman–Crippen MR) is 81.1 cm³/mol. The van der Waals surface area contributed by atoms with Gasteiger partial charge in [-0.1, -0.05) is 19.1 Å². The van der Waals surface area contributed by atoms with Crippen LogP contribution in [-0.4, -0.2) is 12.0 Å². The summed E-state index contributed by atoms with van der Waals surface area (Å²) in [6.45, 7) is 2.10. The Kier molecular flexibility index (Phi) is 5.36. The summed E-state index contributed by atoms with van der Waals surface area (Å²) in [5.41, 5.74) is 5.98. The molecule has 0 saturated heterocycles. The summed E-state index contributed by atoms with van der Waals surface area (Å²) >= 11 is 0. The van der Waals surface area contributed by atoms with Crippen LogP contribution in [0.2, 0.25) is 0 Å². The number of carbonyl (C=O) groups excluding carboxylic acids is 1. The van der Waals surface area contributed by atoms with E-state index in [0.29, 0.717) is 17.9 Å². The number of carbonyl (C=O) groups is 1. The van der Waals surface area contributed by atoms with Crippen LogP contribution in [-0.2, 0) is 11.4 Å². The van der Waals surface area contributed by atoms with Gasteiger partial charge in [0.1, 0.15) is 23.9 Å². The van der Waals surface area contributed by atoms with Crippen molar-refractivity contribution >= 4 is 5.91 Å². The van der Waals surface area contributed by atoms with Gasteiger partial charge in [-0.3, -0.25) is 4.79 Å². The van der Waals surface area contributed by atoms with E-state index >= 15 is 0 Å². The number of nitrogens with two attached hydrogens (primary N) is 1. The molecule has 2 rings (SSSR count). The first-order valence-corrected chi connectivity index (χ1v) is 7.01. The Morgan fingerprint density at radius 2 is 1.86 bits per heavy atom. The molecule has 5 heteroatoms. The predicted octanol–water partition coefficient (Wildman–Crippen LogP) is 3.05. The Morgan fingerprint density at radius 1 is 1.18 bits per heavy atom. The molecular formula is C17H18FNO3. The van der Waals surface area contributed by atoms with Crippen LogP contribution in [0.5, 0.6) is 11.5 Å². The van der Waals surface area contributed by atoms with Crippen molar-refractivity contribution in [2.75, 3.05) is 0 Å². The van der Waals surface area contributed by atoms with Crippen molar-refractivity contribution in [3.63, 3.8) is 0 Å². The van der Waals surface area contributed by atoms with Gasteiger partial charge in [-0.05, 0) is 48.4 Å². The fourth-order valence-corrected chi connectivity index (χ4v) is 1.91. The Morgan fingerprint density at radius 3 is 2.45 bits per heavy atom. The van der Waals surface area contributed by atoms with Crippen LogP contribution in [0.1, 0.15) is 18.9 Å². The Balaban J connectivity index is 1.93. The highest BCUT2D eigenvalue weighted by molar-refractivity contribution is 5.79. The second-order valence-electron chi connectivity index (χ2n) is 4.81. The molecule has 2 aromatic carbocycles. The minimum absolute atomic E-state index is 0.275. The largest absolute Gasteiger partial charge is 0.489 e. The lowest BCUT2D eigenvalue weighted by Gasteiger charge is -2.14. The molecule has 0 bridgehead atoms. The van der Waals surface area contributed by atoms with E-state index in [4.69, 9.17) is 15.2 Å². The van der Waals surface area contributed by atoms with Crippen molar-refractivity contribution in [2.45, 2.75) is 26.1 Å². The molecule has 2 aromatic rings. The van der Waals surface area contributed by atoms with Crippen LogP contribution >= 0.6 is 0 Å². The molecule has 0 heterocycles. The van der Waals surface area contributed by atoms with Crippen molar-refractivity contribution in [3.05, 3.63) is 59.9 Å². The molecule has 1 atom stereocenters. The highest BCUT2D eigenvalue weighted by Crippen LogP contribution is 2.20. The zero-order valence-electron chi connectivity index (χ0n) is 12.3. The van der Waals surface area contributed by atoms with Gasteiger partial charge in [0, 0.05) is 0 Å². The molecular weight excluding hydrogens is 285 g/mol. The molecule has 116 valence electrons. The van der Waals surface area contributed by atoms with E-state index in [1.165, 1.54) is 12.1 Å². The molecule has 1 unspecified atom stereocenters. The lowest BCUT2D eigenvalue weighted by Crippen LogP contribution is -2.32. The maximum Gasteiger partial charge on any atom is 0.258 e. The maximum absolute atomic E-state index is 13.1. The molecule has 22 heavy (non-hydrogen) atoms. The van der Waals surface area contributed by atoms with Crippen molar-refractivity contribution in [2.24, 2.45) is 5.73 Å². The second-order valence-corrected chi connectivity index (χ2v) is 4.81. The van der Waals surface area contributed by atoms with E-state index in [9.17, 15) is 9.18 Å². The molecule has 2 N–H and O–H groups in total. The van der Waals surface area contributed by atoms with Gasteiger partial charge in [-0.2, -0.15) is 0 Å². The maximum atomic E-state index is 13.1. The van der Waals surface area contributed by atoms with Crippen LogP contribution < -0.4 is 15.2 Å². The molecule has 1 amide bonds. The molecule has 0 aliphatic rings. The van der Waals surface area contributed by atoms with Crippen LogP contribution in [0, 0.1) is 5.82 Å². The fraction of sp³-hybridized carbons (Fsp3) is 0.235. The van der Waals surface area contributed by atoms with Crippen LogP contribution in [0.3, 0.4) is 0 Å². The van der Waals surface area contributed by atoms with Gasteiger partial charge in [-0.25, -0.2) is 4.39 Å². The fourth-order valence-electron chi connectivity index (χ4n) is 1.91. The number of hydrogen-bond donors (Lipinski definition) is 1. The van der Waals surface area contributed by atoms with Gasteiger partial charge >= 0.3 is 0 Å². The Labute approximate surface area is 128 Å². The number of halogens is 1. The summed E-state index contributed by atoms with van der Waals surface area (Å²) in [5.74, 6) is 0.392. The van der Waals surface area contributed by atoms with E-state index in [1.54, 1.807) is 36.4 Å². The van der Waals surface area contributed by atoms with E-state index < -0.39 is 12.0 Å². The summed E-state index contributed by atoms with van der Waals surface area (Å²) in [4.78, 5) is 11.1. The van der Waals surface area contributed by atoms with Gasteiger partial charge in [0.25, 0.3) is 5.91 Å². The summed E-state index contributed by atoms with van der Waals surface area (Å²) < 4.78 is 24.1. The van der Waals surface area contributed by atoms with Crippen molar-refractivity contribution < 1.29 is 18.7 Å². The molecule has 0 aliphatic carbocycles. The summed E-state index contributed by atoms with van der Waals surface area (Å²) in [5, 5.41) is 0. The normalized spacial score (nSPS) is 11.7. The van der Waals surface area contributed by atoms with Gasteiger partial charge in [0.05, 0.1) is 0 Å². The summed E-state index contributed by atoms with van der Waals surface area (Å²) in [6.07, 6.45) is -0.133.